The number of hydrogen-bond acceptors (Lipinski definition) is 1. The van der Waals surface area contributed by atoms with Crippen molar-refractivity contribution in [2.24, 2.45) is 0 Å². The summed E-state index contributed by atoms with van der Waals surface area (Å²) in [6.45, 7) is 7.48. The summed E-state index contributed by atoms with van der Waals surface area (Å²) in [5.41, 5.74) is 0. The minimum atomic E-state index is -0.688. The van der Waals surface area contributed by atoms with Crippen molar-refractivity contribution >= 4 is 9.04 Å². The van der Waals surface area contributed by atoms with Crippen LogP contribution in [0.15, 0.2) is 0 Å². The first-order valence-electron chi connectivity index (χ1n) is 2.89. The Kier molecular flexibility index (Phi) is 11.2. The third-order valence-corrected chi connectivity index (χ3v) is 1.56. The Morgan fingerprint density at radius 2 is 2.00 bits per heavy atom. The molecule has 0 heterocycles. The standard InChI is InChI=1S/C5H14OSi.Li.H/c1-4-5-6-7(2)3;;/h7H,4-5H2,1-3H3;;/q;+1;-1. The van der Waals surface area contributed by atoms with Crippen LogP contribution in [0.2, 0.25) is 13.1 Å². The van der Waals surface area contributed by atoms with E-state index < -0.39 is 9.04 Å². The predicted molar refractivity (Wildman–Crippen MR) is 36.2 cm³/mol. The third-order valence-electron chi connectivity index (χ3n) is 0.655. The van der Waals surface area contributed by atoms with Gasteiger partial charge in [0.2, 0.25) is 0 Å². The molecule has 0 rings (SSSR count). The molecule has 0 radical (unpaired) electrons. The zero-order valence-electron chi connectivity index (χ0n) is 7.40. The molecule has 0 N–H and O–H groups in total. The number of rotatable bonds is 3. The minimum Gasteiger partial charge on any atom is -1.00 e. The average Bonchev–Trinajstić information content (AvgIpc) is 1.61. The van der Waals surface area contributed by atoms with Crippen molar-refractivity contribution in [1.82, 2.24) is 0 Å². The van der Waals surface area contributed by atoms with Gasteiger partial charge in [0.15, 0.2) is 9.04 Å². The third kappa shape index (κ3) is 9.91. The van der Waals surface area contributed by atoms with Gasteiger partial charge in [-0.15, -0.1) is 0 Å². The van der Waals surface area contributed by atoms with Gasteiger partial charge < -0.3 is 5.85 Å². The Labute approximate surface area is 67.2 Å². The second kappa shape index (κ2) is 7.77. The Bertz CT molecular complexity index is 45.9. The molecule has 1 nitrogen and oxygen atoms in total. The van der Waals surface area contributed by atoms with Crippen LogP contribution >= 0.6 is 0 Å². The van der Waals surface area contributed by atoms with Crippen LogP contribution in [0.25, 0.3) is 0 Å². The maximum absolute atomic E-state index is 5.33. The van der Waals surface area contributed by atoms with E-state index in [1.54, 1.807) is 0 Å². The molecular weight excluding hydrogens is 111 g/mol. The van der Waals surface area contributed by atoms with Crippen LogP contribution in [0.5, 0.6) is 0 Å². The van der Waals surface area contributed by atoms with Crippen LogP contribution < -0.4 is 18.9 Å². The molecule has 0 aromatic carbocycles. The topological polar surface area (TPSA) is 9.23 Å². The van der Waals surface area contributed by atoms with Gasteiger partial charge in [-0.05, 0) is 19.5 Å². The second-order valence-electron chi connectivity index (χ2n) is 1.92. The van der Waals surface area contributed by atoms with Gasteiger partial charge in [0, 0.05) is 6.61 Å². The van der Waals surface area contributed by atoms with E-state index in [9.17, 15) is 0 Å². The molecule has 0 aromatic heterocycles. The van der Waals surface area contributed by atoms with Crippen molar-refractivity contribution in [3.05, 3.63) is 0 Å². The molecule has 0 aliphatic carbocycles. The molecule has 0 saturated carbocycles. The quantitative estimate of drug-likeness (QED) is 0.419. The molecular formula is C5H15LiOSi. The summed E-state index contributed by atoms with van der Waals surface area (Å²) in [4.78, 5) is 0. The maximum atomic E-state index is 5.33. The van der Waals surface area contributed by atoms with Crippen LogP contribution in [0.3, 0.4) is 0 Å². The molecule has 0 saturated heterocycles. The molecule has 0 aliphatic heterocycles. The molecule has 0 unspecified atom stereocenters. The molecule has 8 heavy (non-hydrogen) atoms. The van der Waals surface area contributed by atoms with Gasteiger partial charge in [-0.3, -0.25) is 0 Å². The fourth-order valence-electron chi connectivity index (χ4n) is 0.354. The van der Waals surface area contributed by atoms with E-state index in [0.717, 1.165) is 13.0 Å². The predicted octanol–water partition coefficient (Wildman–Crippen LogP) is -1.49. The first-order valence-corrected chi connectivity index (χ1v) is 5.67. The van der Waals surface area contributed by atoms with Gasteiger partial charge in [0.1, 0.15) is 0 Å². The molecule has 0 aliphatic rings. The van der Waals surface area contributed by atoms with Gasteiger partial charge >= 0.3 is 18.9 Å². The van der Waals surface area contributed by atoms with Gasteiger partial charge in [0.25, 0.3) is 0 Å². The van der Waals surface area contributed by atoms with Gasteiger partial charge in [0.05, 0.1) is 0 Å². The summed E-state index contributed by atoms with van der Waals surface area (Å²) >= 11 is 0. The van der Waals surface area contributed by atoms with Crippen LogP contribution in [0.1, 0.15) is 14.8 Å². The van der Waals surface area contributed by atoms with E-state index in [1.807, 2.05) is 0 Å². The Balaban J connectivity index is -0.000000180. The second-order valence-corrected chi connectivity index (χ2v) is 4.35. The van der Waals surface area contributed by atoms with Crippen molar-refractivity contribution in [1.29, 1.82) is 0 Å². The zero-order valence-corrected chi connectivity index (χ0v) is 7.55. The van der Waals surface area contributed by atoms with Crippen molar-refractivity contribution < 1.29 is 24.7 Å². The van der Waals surface area contributed by atoms with Crippen molar-refractivity contribution in [2.45, 2.75) is 26.4 Å². The number of hydrogen-bond donors (Lipinski definition) is 0. The van der Waals surface area contributed by atoms with E-state index in [2.05, 4.69) is 20.0 Å². The fourth-order valence-corrected chi connectivity index (χ4v) is 1.06. The molecule has 0 spiro atoms. The molecule has 0 bridgehead atoms. The van der Waals surface area contributed by atoms with E-state index in [4.69, 9.17) is 4.43 Å². The molecule has 0 aromatic rings. The van der Waals surface area contributed by atoms with Crippen LogP contribution in [-0.2, 0) is 4.43 Å². The van der Waals surface area contributed by atoms with Crippen LogP contribution in [0, 0.1) is 0 Å². The fraction of sp³-hybridized carbons (Fsp3) is 1.00. The zero-order chi connectivity index (χ0) is 5.70. The van der Waals surface area contributed by atoms with E-state index in [1.165, 1.54) is 0 Å². The van der Waals surface area contributed by atoms with Gasteiger partial charge in [-0.2, -0.15) is 0 Å². The SMILES string of the molecule is CCCO[SiH](C)C.[H-].[Li+]. The maximum Gasteiger partial charge on any atom is 1.00 e. The van der Waals surface area contributed by atoms with Crippen molar-refractivity contribution in [2.75, 3.05) is 6.61 Å². The molecule has 0 fully saturated rings. The monoisotopic (exact) mass is 126 g/mol. The van der Waals surface area contributed by atoms with E-state index >= 15 is 0 Å². The Morgan fingerprint density at radius 3 is 2.12 bits per heavy atom. The van der Waals surface area contributed by atoms with Crippen LogP contribution in [-0.4, -0.2) is 15.6 Å². The average molecular weight is 126 g/mol. The molecule has 0 atom stereocenters. The van der Waals surface area contributed by atoms with E-state index in [0.29, 0.717) is 0 Å². The first-order chi connectivity index (χ1) is 3.27. The summed E-state index contributed by atoms with van der Waals surface area (Å²) in [5, 5.41) is 0. The summed E-state index contributed by atoms with van der Waals surface area (Å²) in [6.07, 6.45) is 1.16. The first kappa shape index (κ1) is 11.6. The normalized spacial score (nSPS) is 9.00. The van der Waals surface area contributed by atoms with E-state index in [-0.39, 0.29) is 20.3 Å². The largest absolute Gasteiger partial charge is 1.00 e. The van der Waals surface area contributed by atoms with Crippen molar-refractivity contribution in [3.63, 3.8) is 0 Å². The van der Waals surface area contributed by atoms with Gasteiger partial charge in [-0.1, -0.05) is 6.92 Å². The van der Waals surface area contributed by atoms with Crippen molar-refractivity contribution in [3.8, 4) is 0 Å². The summed E-state index contributed by atoms with van der Waals surface area (Å²) in [6, 6.07) is 0. The summed E-state index contributed by atoms with van der Waals surface area (Å²) in [7, 11) is -0.688. The summed E-state index contributed by atoms with van der Waals surface area (Å²) in [5.74, 6) is 0. The Hall–Kier alpha value is 0.774. The molecule has 3 heteroatoms. The Morgan fingerprint density at radius 1 is 1.50 bits per heavy atom. The minimum absolute atomic E-state index is 0. The molecule has 0 amide bonds. The van der Waals surface area contributed by atoms with Gasteiger partial charge in [-0.25, -0.2) is 0 Å². The van der Waals surface area contributed by atoms with Crippen LogP contribution in [0.4, 0.5) is 0 Å². The summed E-state index contributed by atoms with van der Waals surface area (Å²) < 4.78 is 5.33. The molecule has 46 valence electrons. The smallest absolute Gasteiger partial charge is 1.00 e.